The molecule has 0 fully saturated rings. The Morgan fingerprint density at radius 2 is 2.11 bits per heavy atom. The number of ether oxygens (including phenoxy) is 1. The predicted octanol–water partition coefficient (Wildman–Crippen LogP) is 2.20. The molecule has 0 radical (unpaired) electrons. The van der Waals surface area contributed by atoms with Gasteiger partial charge in [-0.25, -0.2) is 4.39 Å². The SMILES string of the molecule is COc1cc(F)cc(Nc2c(N)c(C)nn2C)c1. The first kappa shape index (κ1) is 12.2. The van der Waals surface area contributed by atoms with E-state index in [0.717, 1.165) is 5.69 Å². The lowest BCUT2D eigenvalue weighted by molar-refractivity contribution is 0.411. The molecule has 0 spiro atoms. The zero-order chi connectivity index (χ0) is 13.3. The average Bonchev–Trinajstić information content (AvgIpc) is 2.55. The van der Waals surface area contributed by atoms with E-state index < -0.39 is 0 Å². The van der Waals surface area contributed by atoms with Crippen LogP contribution < -0.4 is 15.8 Å². The second kappa shape index (κ2) is 4.56. The molecular formula is C12H15FN4O. The number of hydrogen-bond donors (Lipinski definition) is 2. The van der Waals surface area contributed by atoms with Crippen molar-refractivity contribution in [3.8, 4) is 5.75 Å². The summed E-state index contributed by atoms with van der Waals surface area (Å²) in [5.74, 6) is 0.685. The largest absolute Gasteiger partial charge is 0.497 e. The Kier molecular flexibility index (Phi) is 3.10. The quantitative estimate of drug-likeness (QED) is 0.876. The highest BCUT2D eigenvalue weighted by molar-refractivity contribution is 5.71. The zero-order valence-corrected chi connectivity index (χ0v) is 10.5. The van der Waals surface area contributed by atoms with E-state index >= 15 is 0 Å². The topological polar surface area (TPSA) is 65.1 Å². The van der Waals surface area contributed by atoms with Crippen molar-refractivity contribution in [2.24, 2.45) is 7.05 Å². The maximum absolute atomic E-state index is 13.4. The molecule has 0 amide bonds. The number of methoxy groups -OCH3 is 1. The van der Waals surface area contributed by atoms with Gasteiger partial charge in [0.05, 0.1) is 18.5 Å². The summed E-state index contributed by atoms with van der Waals surface area (Å²) in [6.07, 6.45) is 0. The normalized spacial score (nSPS) is 10.4. The van der Waals surface area contributed by atoms with E-state index in [1.807, 2.05) is 6.92 Å². The van der Waals surface area contributed by atoms with Crippen molar-refractivity contribution in [1.29, 1.82) is 0 Å². The van der Waals surface area contributed by atoms with E-state index in [1.54, 1.807) is 17.8 Å². The molecule has 2 aromatic rings. The minimum atomic E-state index is -0.380. The molecule has 96 valence electrons. The Balaban J connectivity index is 2.36. The Bertz CT molecular complexity index is 580. The zero-order valence-electron chi connectivity index (χ0n) is 10.5. The molecule has 0 aliphatic carbocycles. The van der Waals surface area contributed by atoms with E-state index in [-0.39, 0.29) is 5.82 Å². The summed E-state index contributed by atoms with van der Waals surface area (Å²) in [5, 5.41) is 7.21. The first-order valence-electron chi connectivity index (χ1n) is 5.42. The van der Waals surface area contributed by atoms with Gasteiger partial charge in [-0.3, -0.25) is 4.68 Å². The lowest BCUT2D eigenvalue weighted by Gasteiger charge is -2.09. The Morgan fingerprint density at radius 3 is 2.67 bits per heavy atom. The number of hydrogen-bond acceptors (Lipinski definition) is 4. The van der Waals surface area contributed by atoms with Gasteiger partial charge in [0, 0.05) is 24.9 Å². The predicted molar refractivity (Wildman–Crippen MR) is 68.6 cm³/mol. The summed E-state index contributed by atoms with van der Waals surface area (Å²) in [4.78, 5) is 0. The number of rotatable bonds is 3. The molecule has 0 atom stereocenters. The van der Waals surface area contributed by atoms with Crippen LogP contribution in [-0.2, 0) is 7.05 Å². The fourth-order valence-corrected chi connectivity index (χ4v) is 1.71. The van der Waals surface area contributed by atoms with E-state index in [2.05, 4.69) is 10.4 Å². The van der Waals surface area contributed by atoms with Gasteiger partial charge in [-0.05, 0) is 13.0 Å². The summed E-state index contributed by atoms with van der Waals surface area (Å²) >= 11 is 0. The van der Waals surface area contributed by atoms with Gasteiger partial charge >= 0.3 is 0 Å². The lowest BCUT2D eigenvalue weighted by Crippen LogP contribution is -2.02. The van der Waals surface area contributed by atoms with Crippen molar-refractivity contribution in [1.82, 2.24) is 9.78 Å². The van der Waals surface area contributed by atoms with Crippen LogP contribution in [0.4, 0.5) is 21.6 Å². The molecule has 1 aromatic carbocycles. The third-order valence-corrected chi connectivity index (χ3v) is 2.64. The molecule has 0 aliphatic rings. The number of aromatic nitrogens is 2. The minimum absolute atomic E-state index is 0.380. The monoisotopic (exact) mass is 250 g/mol. The number of nitrogens with one attached hydrogen (secondary N) is 1. The van der Waals surface area contributed by atoms with E-state index in [9.17, 15) is 4.39 Å². The highest BCUT2D eigenvalue weighted by Gasteiger charge is 2.11. The summed E-state index contributed by atoms with van der Waals surface area (Å²) in [6, 6.07) is 4.36. The minimum Gasteiger partial charge on any atom is -0.497 e. The summed E-state index contributed by atoms with van der Waals surface area (Å²) in [7, 11) is 3.25. The molecule has 0 saturated carbocycles. The van der Waals surface area contributed by atoms with E-state index in [0.29, 0.717) is 22.9 Å². The third-order valence-electron chi connectivity index (χ3n) is 2.64. The standard InChI is InChI=1S/C12H15FN4O/c1-7-11(14)12(17(2)16-7)15-9-4-8(13)5-10(6-9)18-3/h4-6,15H,14H2,1-3H3. The Labute approximate surface area is 104 Å². The van der Waals surface area contributed by atoms with Crippen LogP contribution in [-0.4, -0.2) is 16.9 Å². The van der Waals surface area contributed by atoms with Gasteiger partial charge in [0.2, 0.25) is 0 Å². The fraction of sp³-hybridized carbons (Fsp3) is 0.250. The van der Waals surface area contributed by atoms with Crippen LogP contribution in [0.1, 0.15) is 5.69 Å². The molecule has 6 heteroatoms. The van der Waals surface area contributed by atoms with Crippen LogP contribution in [0, 0.1) is 12.7 Å². The van der Waals surface area contributed by atoms with Crippen molar-refractivity contribution in [3.63, 3.8) is 0 Å². The first-order valence-corrected chi connectivity index (χ1v) is 5.42. The number of aryl methyl sites for hydroxylation is 2. The van der Waals surface area contributed by atoms with Crippen molar-refractivity contribution >= 4 is 17.2 Å². The Hall–Kier alpha value is -2.24. The van der Waals surface area contributed by atoms with Crippen LogP contribution in [0.3, 0.4) is 0 Å². The van der Waals surface area contributed by atoms with Gasteiger partial charge in [0.15, 0.2) is 5.82 Å². The van der Waals surface area contributed by atoms with Crippen LogP contribution >= 0.6 is 0 Å². The smallest absolute Gasteiger partial charge is 0.152 e. The maximum Gasteiger partial charge on any atom is 0.152 e. The average molecular weight is 250 g/mol. The van der Waals surface area contributed by atoms with Crippen LogP contribution in [0.25, 0.3) is 0 Å². The second-order valence-corrected chi connectivity index (χ2v) is 3.98. The number of anilines is 3. The summed E-state index contributed by atoms with van der Waals surface area (Å²) < 4.78 is 20.0. The lowest BCUT2D eigenvalue weighted by atomic mass is 10.3. The molecule has 0 unspecified atom stereocenters. The van der Waals surface area contributed by atoms with E-state index in [4.69, 9.17) is 10.5 Å². The number of nitrogen functional groups attached to an aromatic ring is 1. The summed E-state index contributed by atoms with van der Waals surface area (Å²) in [5.41, 5.74) is 7.71. The number of nitrogens with zero attached hydrogens (tertiary/aromatic N) is 2. The van der Waals surface area contributed by atoms with E-state index in [1.165, 1.54) is 19.2 Å². The molecule has 1 heterocycles. The molecule has 18 heavy (non-hydrogen) atoms. The maximum atomic E-state index is 13.4. The van der Waals surface area contributed by atoms with Crippen molar-refractivity contribution in [2.45, 2.75) is 6.92 Å². The molecule has 0 aliphatic heterocycles. The van der Waals surface area contributed by atoms with Gasteiger partial charge in [-0.2, -0.15) is 5.10 Å². The van der Waals surface area contributed by atoms with Crippen molar-refractivity contribution in [3.05, 3.63) is 29.7 Å². The van der Waals surface area contributed by atoms with Gasteiger partial charge in [0.1, 0.15) is 11.6 Å². The van der Waals surface area contributed by atoms with Gasteiger partial charge in [-0.15, -0.1) is 0 Å². The molecule has 3 N–H and O–H groups in total. The molecule has 0 bridgehead atoms. The van der Waals surface area contributed by atoms with Crippen LogP contribution in [0.5, 0.6) is 5.75 Å². The second-order valence-electron chi connectivity index (χ2n) is 3.98. The third kappa shape index (κ3) is 2.22. The van der Waals surface area contributed by atoms with Gasteiger partial charge in [0.25, 0.3) is 0 Å². The van der Waals surface area contributed by atoms with Crippen LogP contribution in [0.2, 0.25) is 0 Å². The number of nitrogens with two attached hydrogens (primary N) is 1. The van der Waals surface area contributed by atoms with Crippen molar-refractivity contribution in [2.75, 3.05) is 18.2 Å². The highest BCUT2D eigenvalue weighted by atomic mass is 19.1. The van der Waals surface area contributed by atoms with Crippen LogP contribution in [0.15, 0.2) is 18.2 Å². The first-order chi connectivity index (χ1) is 8.51. The fourth-order valence-electron chi connectivity index (χ4n) is 1.71. The molecule has 0 saturated heterocycles. The highest BCUT2D eigenvalue weighted by Crippen LogP contribution is 2.27. The summed E-state index contributed by atoms with van der Waals surface area (Å²) in [6.45, 7) is 1.81. The Morgan fingerprint density at radius 1 is 1.39 bits per heavy atom. The van der Waals surface area contributed by atoms with Gasteiger partial charge in [-0.1, -0.05) is 0 Å². The van der Waals surface area contributed by atoms with Crippen molar-refractivity contribution < 1.29 is 9.13 Å². The number of benzene rings is 1. The number of halogens is 1. The molecular weight excluding hydrogens is 235 g/mol. The van der Waals surface area contributed by atoms with Gasteiger partial charge < -0.3 is 15.8 Å². The molecule has 2 rings (SSSR count). The molecule has 5 nitrogen and oxygen atoms in total. The molecule has 1 aromatic heterocycles.